The number of rotatable bonds is 4. The fourth-order valence-corrected chi connectivity index (χ4v) is 2.72. The highest BCUT2D eigenvalue weighted by atomic mass is 35.5. The molecule has 3 rings (SSSR count). The van der Waals surface area contributed by atoms with Crippen molar-refractivity contribution in [2.45, 2.75) is 13.5 Å². The van der Waals surface area contributed by atoms with Crippen LogP contribution in [-0.4, -0.2) is 68.9 Å². The summed E-state index contributed by atoms with van der Waals surface area (Å²) in [6, 6.07) is 7.36. The van der Waals surface area contributed by atoms with Gasteiger partial charge in [0.2, 0.25) is 0 Å². The van der Waals surface area contributed by atoms with E-state index in [-0.39, 0.29) is 6.09 Å². The van der Waals surface area contributed by atoms with E-state index in [0.717, 1.165) is 24.6 Å². The van der Waals surface area contributed by atoms with E-state index >= 15 is 0 Å². The number of hydrogen-bond donors (Lipinski definition) is 0. The zero-order chi connectivity index (χ0) is 16.9. The van der Waals surface area contributed by atoms with Gasteiger partial charge in [-0.1, -0.05) is 11.6 Å². The molecule has 1 aliphatic heterocycles. The summed E-state index contributed by atoms with van der Waals surface area (Å²) in [5.74, 6) is 0.752. The van der Waals surface area contributed by atoms with Crippen LogP contribution in [0.25, 0.3) is 5.69 Å². The summed E-state index contributed by atoms with van der Waals surface area (Å²) in [5.41, 5.74) is 0.865. The first-order valence-electron chi connectivity index (χ1n) is 7.84. The van der Waals surface area contributed by atoms with E-state index in [1.807, 2.05) is 19.1 Å². The third-order valence-electron chi connectivity index (χ3n) is 3.87. The van der Waals surface area contributed by atoms with Crippen molar-refractivity contribution in [3.8, 4) is 5.69 Å². The molecule has 1 saturated heterocycles. The maximum Gasteiger partial charge on any atom is 0.409 e. The molecular formula is C15H19ClN6O2. The van der Waals surface area contributed by atoms with E-state index in [1.165, 1.54) is 0 Å². The highest BCUT2D eigenvalue weighted by Crippen LogP contribution is 2.15. The Morgan fingerprint density at radius 1 is 1.21 bits per heavy atom. The lowest BCUT2D eigenvalue weighted by Gasteiger charge is -2.33. The molecule has 1 aromatic heterocycles. The van der Waals surface area contributed by atoms with Gasteiger partial charge in [-0.2, -0.15) is 4.68 Å². The van der Waals surface area contributed by atoms with Crippen LogP contribution in [0.4, 0.5) is 4.79 Å². The van der Waals surface area contributed by atoms with Crippen LogP contribution in [0, 0.1) is 0 Å². The smallest absolute Gasteiger partial charge is 0.409 e. The van der Waals surface area contributed by atoms with E-state index in [1.54, 1.807) is 21.7 Å². The Balaban J connectivity index is 1.61. The molecule has 0 aliphatic carbocycles. The van der Waals surface area contributed by atoms with Gasteiger partial charge in [0, 0.05) is 31.2 Å². The van der Waals surface area contributed by atoms with Gasteiger partial charge in [-0.3, -0.25) is 4.90 Å². The summed E-state index contributed by atoms with van der Waals surface area (Å²) in [5, 5.41) is 12.6. The first-order valence-corrected chi connectivity index (χ1v) is 8.22. The molecule has 1 aliphatic rings. The van der Waals surface area contributed by atoms with Gasteiger partial charge in [0.25, 0.3) is 0 Å². The largest absolute Gasteiger partial charge is 0.450 e. The van der Waals surface area contributed by atoms with Gasteiger partial charge in [0.15, 0.2) is 5.82 Å². The lowest BCUT2D eigenvalue weighted by atomic mass is 10.3. The van der Waals surface area contributed by atoms with Gasteiger partial charge in [-0.15, -0.1) is 5.10 Å². The monoisotopic (exact) mass is 350 g/mol. The molecule has 2 heterocycles. The molecule has 9 heteroatoms. The van der Waals surface area contributed by atoms with Crippen molar-refractivity contribution in [2.75, 3.05) is 32.8 Å². The Bertz CT molecular complexity index is 682. The lowest BCUT2D eigenvalue weighted by molar-refractivity contribution is 0.0770. The van der Waals surface area contributed by atoms with Crippen molar-refractivity contribution in [3.63, 3.8) is 0 Å². The predicted molar refractivity (Wildman–Crippen MR) is 88.0 cm³/mol. The molecule has 0 N–H and O–H groups in total. The molecule has 24 heavy (non-hydrogen) atoms. The highest BCUT2D eigenvalue weighted by molar-refractivity contribution is 6.30. The molecule has 0 radical (unpaired) electrons. The molecular weight excluding hydrogens is 332 g/mol. The van der Waals surface area contributed by atoms with Gasteiger partial charge in [-0.05, 0) is 41.6 Å². The number of aromatic nitrogens is 4. The fraction of sp³-hybridized carbons (Fsp3) is 0.467. The maximum atomic E-state index is 11.7. The van der Waals surface area contributed by atoms with Crippen LogP contribution < -0.4 is 0 Å². The predicted octanol–water partition coefficient (Wildman–Crippen LogP) is 1.59. The Morgan fingerprint density at radius 3 is 2.58 bits per heavy atom. The molecule has 8 nitrogen and oxygen atoms in total. The van der Waals surface area contributed by atoms with Crippen LogP contribution in [0.15, 0.2) is 24.3 Å². The van der Waals surface area contributed by atoms with E-state index in [0.29, 0.717) is 31.3 Å². The molecule has 0 spiro atoms. The quantitative estimate of drug-likeness (QED) is 0.833. The molecule has 1 fully saturated rings. The normalized spacial score (nSPS) is 15.5. The number of benzene rings is 1. The van der Waals surface area contributed by atoms with Crippen molar-refractivity contribution >= 4 is 17.7 Å². The number of piperazine rings is 1. The van der Waals surface area contributed by atoms with E-state index in [4.69, 9.17) is 16.3 Å². The third kappa shape index (κ3) is 3.82. The van der Waals surface area contributed by atoms with Gasteiger partial charge in [0.05, 0.1) is 18.8 Å². The number of carbonyl (C=O) groups excluding carboxylic acids is 1. The minimum absolute atomic E-state index is 0.247. The van der Waals surface area contributed by atoms with Crippen LogP contribution >= 0.6 is 11.6 Å². The molecule has 1 amide bonds. The van der Waals surface area contributed by atoms with E-state index in [2.05, 4.69) is 20.4 Å². The minimum Gasteiger partial charge on any atom is -0.450 e. The van der Waals surface area contributed by atoms with E-state index in [9.17, 15) is 4.79 Å². The average Bonchev–Trinajstić information content (AvgIpc) is 3.04. The Morgan fingerprint density at radius 2 is 1.92 bits per heavy atom. The summed E-state index contributed by atoms with van der Waals surface area (Å²) in [7, 11) is 0. The molecule has 1 aromatic carbocycles. The topological polar surface area (TPSA) is 76.4 Å². The highest BCUT2D eigenvalue weighted by Gasteiger charge is 2.23. The van der Waals surface area contributed by atoms with Crippen molar-refractivity contribution in [1.82, 2.24) is 30.0 Å². The van der Waals surface area contributed by atoms with Crippen LogP contribution in [0.2, 0.25) is 5.02 Å². The number of hydrogen-bond acceptors (Lipinski definition) is 6. The molecule has 0 bridgehead atoms. The van der Waals surface area contributed by atoms with Gasteiger partial charge in [0.1, 0.15) is 0 Å². The summed E-state index contributed by atoms with van der Waals surface area (Å²) in [6.45, 7) is 5.62. The maximum absolute atomic E-state index is 11.7. The number of halogens is 1. The lowest BCUT2D eigenvalue weighted by Crippen LogP contribution is -2.48. The van der Waals surface area contributed by atoms with E-state index < -0.39 is 0 Å². The van der Waals surface area contributed by atoms with Gasteiger partial charge >= 0.3 is 6.09 Å². The van der Waals surface area contributed by atoms with Crippen molar-refractivity contribution in [3.05, 3.63) is 35.1 Å². The third-order valence-corrected chi connectivity index (χ3v) is 4.12. The number of amides is 1. The minimum atomic E-state index is -0.247. The second-order valence-corrected chi connectivity index (χ2v) is 5.88. The Hall–Kier alpha value is -2.19. The summed E-state index contributed by atoms with van der Waals surface area (Å²) >= 11 is 5.92. The van der Waals surface area contributed by atoms with Gasteiger partial charge in [-0.25, -0.2) is 4.79 Å². The summed E-state index contributed by atoms with van der Waals surface area (Å²) < 4.78 is 6.73. The van der Waals surface area contributed by atoms with Crippen molar-refractivity contribution < 1.29 is 9.53 Å². The molecule has 128 valence electrons. The molecule has 0 saturated carbocycles. The molecule has 0 unspecified atom stereocenters. The first-order chi connectivity index (χ1) is 11.7. The molecule has 0 atom stereocenters. The standard InChI is InChI=1S/C15H19ClN6O2/c1-2-24-15(23)21-9-7-20(8-10-21)11-14-17-18-19-22(14)13-5-3-12(16)4-6-13/h3-6H,2,7-11H2,1H3. The number of tetrazole rings is 1. The molecule has 2 aromatic rings. The fourth-order valence-electron chi connectivity index (χ4n) is 2.59. The van der Waals surface area contributed by atoms with Gasteiger partial charge < -0.3 is 9.64 Å². The van der Waals surface area contributed by atoms with Crippen LogP contribution in [-0.2, 0) is 11.3 Å². The summed E-state index contributed by atoms with van der Waals surface area (Å²) in [4.78, 5) is 15.7. The van der Waals surface area contributed by atoms with Crippen LogP contribution in [0.3, 0.4) is 0 Å². The zero-order valence-electron chi connectivity index (χ0n) is 13.4. The van der Waals surface area contributed by atoms with Crippen molar-refractivity contribution in [2.24, 2.45) is 0 Å². The number of carbonyl (C=O) groups is 1. The second kappa shape index (κ2) is 7.59. The first kappa shape index (κ1) is 16.7. The van der Waals surface area contributed by atoms with Crippen LogP contribution in [0.1, 0.15) is 12.7 Å². The second-order valence-electron chi connectivity index (χ2n) is 5.45. The SMILES string of the molecule is CCOC(=O)N1CCN(Cc2nnnn2-c2ccc(Cl)cc2)CC1. The number of nitrogens with zero attached hydrogens (tertiary/aromatic N) is 6. The Kier molecular flexibility index (Phi) is 5.27. The average molecular weight is 351 g/mol. The van der Waals surface area contributed by atoms with Crippen LogP contribution in [0.5, 0.6) is 0 Å². The Labute approximate surface area is 144 Å². The van der Waals surface area contributed by atoms with Crippen molar-refractivity contribution in [1.29, 1.82) is 0 Å². The zero-order valence-corrected chi connectivity index (χ0v) is 14.2. The number of ether oxygens (including phenoxy) is 1. The summed E-state index contributed by atoms with van der Waals surface area (Å²) in [6.07, 6.45) is -0.247.